The van der Waals surface area contributed by atoms with Crippen LogP contribution in [-0.2, 0) is 9.53 Å². The van der Waals surface area contributed by atoms with Crippen LogP contribution in [0.1, 0.15) is 31.0 Å². The van der Waals surface area contributed by atoms with Crippen LogP contribution in [0.25, 0.3) is 6.08 Å². The van der Waals surface area contributed by atoms with Gasteiger partial charge >= 0.3 is 5.97 Å². The predicted octanol–water partition coefficient (Wildman–Crippen LogP) is 4.83. The van der Waals surface area contributed by atoms with E-state index < -0.39 is 17.8 Å². The van der Waals surface area contributed by atoms with Crippen LogP contribution in [0.4, 0.5) is 4.39 Å². The average molecular weight is 585 g/mol. The van der Waals surface area contributed by atoms with Gasteiger partial charge in [-0.3, -0.25) is 9.36 Å². The molecule has 5 rings (SSSR count). The number of hydrogen-bond donors (Lipinski definition) is 0. The Morgan fingerprint density at radius 2 is 2.00 bits per heavy atom. The van der Waals surface area contributed by atoms with Gasteiger partial charge in [0, 0.05) is 5.02 Å². The van der Waals surface area contributed by atoms with Crippen LogP contribution in [0.3, 0.4) is 0 Å². The molecule has 0 fully saturated rings. The van der Waals surface area contributed by atoms with Gasteiger partial charge in [0.2, 0.25) is 11.1 Å². The van der Waals surface area contributed by atoms with E-state index in [2.05, 4.69) is 15.0 Å². The summed E-state index contributed by atoms with van der Waals surface area (Å²) < 4.78 is 26.7. The molecule has 2 aromatic heterocycles. The predicted molar refractivity (Wildman–Crippen MR) is 145 cm³/mol. The molecule has 0 saturated heterocycles. The highest BCUT2D eigenvalue weighted by atomic mass is 35.5. The summed E-state index contributed by atoms with van der Waals surface area (Å²) >= 11 is 13.4. The van der Waals surface area contributed by atoms with Gasteiger partial charge in [-0.05, 0) is 60.9 Å². The molecular weight excluding hydrogens is 566 g/mol. The molecule has 198 valence electrons. The fourth-order valence-electron chi connectivity index (χ4n) is 4.12. The van der Waals surface area contributed by atoms with Gasteiger partial charge in [-0.25, -0.2) is 14.8 Å². The molecule has 0 bridgehead atoms. The number of fused-ring (bicyclic) bond motifs is 1. The molecule has 0 N–H and O–H groups in total. The summed E-state index contributed by atoms with van der Waals surface area (Å²) in [6.45, 7) is 3.57. The topological polar surface area (TPSA) is 95.7 Å². The number of ether oxygens (including phenoxy) is 2. The third-order valence-electron chi connectivity index (χ3n) is 5.77. The Labute approximate surface area is 235 Å². The second kappa shape index (κ2) is 11.1. The number of carbonyl (C=O) groups excluding carboxylic acids is 1. The Morgan fingerprint density at radius 3 is 2.77 bits per heavy atom. The van der Waals surface area contributed by atoms with E-state index in [4.69, 9.17) is 32.7 Å². The molecule has 8 nitrogen and oxygen atoms in total. The molecule has 39 heavy (non-hydrogen) atoms. The van der Waals surface area contributed by atoms with Crippen LogP contribution in [0.2, 0.25) is 10.3 Å². The highest BCUT2D eigenvalue weighted by molar-refractivity contribution is 7.07. The van der Waals surface area contributed by atoms with Gasteiger partial charge in [0.1, 0.15) is 11.8 Å². The van der Waals surface area contributed by atoms with Crippen LogP contribution in [0.15, 0.2) is 75.8 Å². The number of nitrogens with zero attached hydrogens (tertiary/aromatic N) is 4. The molecule has 0 unspecified atom stereocenters. The Kier molecular flexibility index (Phi) is 7.60. The van der Waals surface area contributed by atoms with Gasteiger partial charge in [0.05, 0.1) is 28.6 Å². The minimum atomic E-state index is -0.823. The van der Waals surface area contributed by atoms with Crippen molar-refractivity contribution >= 4 is 46.6 Å². The first-order valence-corrected chi connectivity index (χ1v) is 13.2. The summed E-state index contributed by atoms with van der Waals surface area (Å²) in [5.74, 6) is -1.39. The van der Waals surface area contributed by atoms with Crippen LogP contribution in [0.5, 0.6) is 11.6 Å². The van der Waals surface area contributed by atoms with E-state index in [9.17, 15) is 14.0 Å². The highest BCUT2D eigenvalue weighted by Gasteiger charge is 2.34. The van der Waals surface area contributed by atoms with Gasteiger partial charge in [0.15, 0.2) is 4.80 Å². The average Bonchev–Trinajstić information content (AvgIpc) is 3.20. The standard InChI is InChI=1S/C27H19Cl2FN4O4S/c1-3-37-25(36)21-14(2)32-27-34(22(21)17-9-4-5-10-18(17)28)24(35)20(39-27)12-15-7-6-8-16(11-15)38-23-19(30)13-31-26(29)33-23/h4-13,22H,3H2,1-2H3/b20-12-/t22-/m0/s1. The van der Waals surface area contributed by atoms with Crippen LogP contribution >= 0.6 is 34.5 Å². The summed E-state index contributed by atoms with van der Waals surface area (Å²) in [6, 6.07) is 12.9. The molecule has 4 aromatic rings. The van der Waals surface area contributed by atoms with Crippen molar-refractivity contribution in [3.63, 3.8) is 0 Å². The van der Waals surface area contributed by atoms with Crippen molar-refractivity contribution in [2.24, 2.45) is 4.99 Å². The number of rotatable bonds is 6. The normalized spacial score (nSPS) is 15.1. The lowest BCUT2D eigenvalue weighted by Gasteiger charge is -2.25. The molecule has 1 atom stereocenters. The van der Waals surface area contributed by atoms with Gasteiger partial charge in [0.25, 0.3) is 11.4 Å². The molecular formula is C27H19Cl2FN4O4S. The Balaban J connectivity index is 1.61. The molecule has 0 radical (unpaired) electrons. The second-order valence-electron chi connectivity index (χ2n) is 8.29. The highest BCUT2D eigenvalue weighted by Crippen LogP contribution is 2.34. The molecule has 1 aliphatic heterocycles. The number of thiazole rings is 1. The summed E-state index contributed by atoms with van der Waals surface area (Å²) in [7, 11) is 0. The zero-order valence-corrected chi connectivity index (χ0v) is 22.9. The SMILES string of the molecule is CCOC(=O)C1=C(C)N=c2s/c(=C\c3cccc(Oc4nc(Cl)ncc4F)c3)c(=O)n2[C@H]1c1ccccc1Cl. The summed E-state index contributed by atoms with van der Waals surface area (Å²) in [6.07, 6.45) is 2.57. The van der Waals surface area contributed by atoms with Crippen LogP contribution in [-0.4, -0.2) is 27.1 Å². The maximum absolute atomic E-state index is 14.0. The van der Waals surface area contributed by atoms with Gasteiger partial charge < -0.3 is 9.47 Å². The fraction of sp³-hybridized carbons (Fsp3) is 0.148. The van der Waals surface area contributed by atoms with Crippen molar-refractivity contribution in [3.05, 3.63) is 113 Å². The molecule has 0 aliphatic carbocycles. The minimum absolute atomic E-state index is 0.158. The van der Waals surface area contributed by atoms with E-state index in [0.29, 0.717) is 31.2 Å². The molecule has 1 aliphatic rings. The largest absolute Gasteiger partial charge is 0.463 e. The monoisotopic (exact) mass is 584 g/mol. The van der Waals surface area contributed by atoms with E-state index in [1.807, 2.05) is 0 Å². The number of esters is 1. The first-order chi connectivity index (χ1) is 18.8. The van der Waals surface area contributed by atoms with Gasteiger partial charge in [-0.15, -0.1) is 0 Å². The molecule has 3 heterocycles. The Bertz CT molecular complexity index is 1820. The lowest BCUT2D eigenvalue weighted by Crippen LogP contribution is -2.40. The summed E-state index contributed by atoms with van der Waals surface area (Å²) in [4.78, 5) is 39.0. The number of halogens is 3. The van der Waals surface area contributed by atoms with Crippen molar-refractivity contribution in [1.82, 2.24) is 14.5 Å². The third kappa shape index (κ3) is 5.36. The van der Waals surface area contributed by atoms with Crippen LogP contribution in [0, 0.1) is 5.82 Å². The van der Waals surface area contributed by atoms with E-state index in [0.717, 1.165) is 6.20 Å². The number of allylic oxidation sites excluding steroid dienone is 1. The Hall–Kier alpha value is -3.86. The van der Waals surface area contributed by atoms with Gasteiger partial charge in [-0.1, -0.05) is 53.3 Å². The lowest BCUT2D eigenvalue weighted by atomic mass is 9.96. The van der Waals surface area contributed by atoms with E-state index >= 15 is 0 Å². The third-order valence-corrected chi connectivity index (χ3v) is 7.28. The maximum Gasteiger partial charge on any atom is 0.338 e. The smallest absolute Gasteiger partial charge is 0.338 e. The molecule has 0 amide bonds. The summed E-state index contributed by atoms with van der Waals surface area (Å²) in [5, 5.41) is 0.240. The van der Waals surface area contributed by atoms with Crippen molar-refractivity contribution in [2.45, 2.75) is 19.9 Å². The molecule has 12 heteroatoms. The fourth-order valence-corrected chi connectivity index (χ4v) is 5.53. The summed E-state index contributed by atoms with van der Waals surface area (Å²) in [5.41, 5.74) is 1.49. The van der Waals surface area contributed by atoms with Crippen LogP contribution < -0.4 is 19.6 Å². The molecule has 0 spiro atoms. The van der Waals surface area contributed by atoms with E-state index in [1.165, 1.54) is 15.9 Å². The number of aromatic nitrogens is 3. The van der Waals surface area contributed by atoms with Crippen molar-refractivity contribution in [3.8, 4) is 11.6 Å². The number of benzene rings is 2. The number of carbonyl (C=O) groups is 1. The maximum atomic E-state index is 14.0. The van der Waals surface area contributed by atoms with E-state index in [1.54, 1.807) is 68.5 Å². The first kappa shape index (κ1) is 26.7. The first-order valence-electron chi connectivity index (χ1n) is 11.7. The van der Waals surface area contributed by atoms with E-state index in [-0.39, 0.29) is 34.7 Å². The van der Waals surface area contributed by atoms with Crippen molar-refractivity contribution in [2.75, 3.05) is 6.61 Å². The Morgan fingerprint density at radius 1 is 1.21 bits per heavy atom. The van der Waals surface area contributed by atoms with Crippen molar-refractivity contribution in [1.29, 1.82) is 0 Å². The lowest BCUT2D eigenvalue weighted by molar-refractivity contribution is -0.139. The number of hydrogen-bond acceptors (Lipinski definition) is 8. The zero-order valence-electron chi connectivity index (χ0n) is 20.5. The molecule has 2 aromatic carbocycles. The minimum Gasteiger partial charge on any atom is -0.463 e. The molecule has 0 saturated carbocycles. The zero-order chi connectivity index (χ0) is 27.7. The van der Waals surface area contributed by atoms with Gasteiger partial charge in [-0.2, -0.15) is 9.37 Å². The van der Waals surface area contributed by atoms with Crippen molar-refractivity contribution < 1.29 is 18.7 Å². The second-order valence-corrected chi connectivity index (χ2v) is 10.0. The quantitative estimate of drug-likeness (QED) is 0.238.